The first-order valence-electron chi connectivity index (χ1n) is 6.04. The number of benzene rings is 1. The molecule has 19 heavy (non-hydrogen) atoms. The number of nitrogens with one attached hydrogen (secondary N) is 1. The van der Waals surface area contributed by atoms with Crippen molar-refractivity contribution in [3.05, 3.63) is 36.0 Å². The van der Waals surface area contributed by atoms with Crippen molar-refractivity contribution >= 4 is 22.8 Å². The molecular weight excluding hydrogens is 240 g/mol. The van der Waals surface area contributed by atoms with E-state index in [-0.39, 0.29) is 18.0 Å². The first kappa shape index (κ1) is 12.9. The van der Waals surface area contributed by atoms with E-state index in [1.165, 1.54) is 10.9 Å². The number of hydrogen-bond acceptors (Lipinski definition) is 1. The van der Waals surface area contributed by atoms with Crippen molar-refractivity contribution in [1.82, 2.24) is 4.98 Å². The van der Waals surface area contributed by atoms with Gasteiger partial charge >= 0.3 is 0 Å². The number of nitrogens with two attached hydrogens (primary N) is 3. The predicted octanol–water partition coefficient (Wildman–Crippen LogP) is 0.687. The summed E-state index contributed by atoms with van der Waals surface area (Å²) in [7, 11) is 0. The van der Waals surface area contributed by atoms with Crippen LogP contribution in [0.25, 0.3) is 10.9 Å². The highest BCUT2D eigenvalue weighted by atomic mass is 15.1. The van der Waals surface area contributed by atoms with Gasteiger partial charge in [0.25, 0.3) is 0 Å². The average molecular weight is 258 g/mol. The minimum absolute atomic E-state index is 0.00214. The van der Waals surface area contributed by atoms with Crippen molar-refractivity contribution in [3.8, 4) is 0 Å². The maximum atomic E-state index is 5.61. The van der Waals surface area contributed by atoms with Gasteiger partial charge in [0.2, 0.25) is 5.96 Å². The quantitative estimate of drug-likeness (QED) is 0.479. The third kappa shape index (κ3) is 3.25. The summed E-state index contributed by atoms with van der Waals surface area (Å²) >= 11 is 0. The molecule has 2 rings (SSSR count). The van der Waals surface area contributed by atoms with Crippen LogP contribution in [0.15, 0.2) is 40.4 Å². The van der Waals surface area contributed by atoms with Crippen LogP contribution in [-0.2, 0) is 6.42 Å². The summed E-state index contributed by atoms with van der Waals surface area (Å²) in [5.41, 5.74) is 18.4. The maximum Gasteiger partial charge on any atom is 0.218 e. The number of aromatic nitrogens is 1. The molecule has 0 radical (unpaired) electrons. The zero-order valence-electron chi connectivity index (χ0n) is 10.8. The van der Waals surface area contributed by atoms with Crippen LogP contribution in [0, 0.1) is 0 Å². The number of guanidine groups is 2. The molecule has 0 bridgehead atoms. The van der Waals surface area contributed by atoms with Crippen LogP contribution in [0.4, 0.5) is 0 Å². The molecule has 2 aromatic rings. The molecule has 0 saturated carbocycles. The van der Waals surface area contributed by atoms with Gasteiger partial charge in [-0.3, -0.25) is 0 Å². The van der Waals surface area contributed by atoms with E-state index >= 15 is 0 Å². The van der Waals surface area contributed by atoms with Crippen LogP contribution in [-0.4, -0.2) is 22.9 Å². The molecule has 0 aliphatic rings. The van der Waals surface area contributed by atoms with Crippen LogP contribution in [0.1, 0.15) is 12.5 Å². The van der Waals surface area contributed by atoms with Gasteiger partial charge in [0.1, 0.15) is 0 Å². The number of fused-ring (bicyclic) bond motifs is 1. The second kappa shape index (κ2) is 5.43. The van der Waals surface area contributed by atoms with Gasteiger partial charge in [-0.2, -0.15) is 4.99 Å². The molecule has 0 saturated heterocycles. The van der Waals surface area contributed by atoms with Crippen molar-refractivity contribution in [2.24, 2.45) is 27.2 Å². The summed E-state index contributed by atoms with van der Waals surface area (Å²) in [4.78, 5) is 11.2. The van der Waals surface area contributed by atoms with Gasteiger partial charge in [-0.05, 0) is 25.0 Å². The third-order valence-corrected chi connectivity index (χ3v) is 2.79. The van der Waals surface area contributed by atoms with E-state index in [0.29, 0.717) is 0 Å². The molecule has 7 N–H and O–H groups in total. The summed E-state index contributed by atoms with van der Waals surface area (Å²) in [6.07, 6.45) is 2.76. The number of nitrogens with zero attached hydrogens (tertiary/aromatic N) is 2. The Labute approximate surface area is 111 Å². The predicted molar refractivity (Wildman–Crippen MR) is 78.9 cm³/mol. The molecule has 0 fully saturated rings. The Balaban J connectivity index is 2.15. The van der Waals surface area contributed by atoms with E-state index in [2.05, 4.69) is 21.0 Å². The molecular formula is C13H18N6. The first-order valence-corrected chi connectivity index (χ1v) is 6.04. The lowest BCUT2D eigenvalue weighted by Gasteiger charge is -2.05. The molecule has 1 atom stereocenters. The lowest BCUT2D eigenvalue weighted by atomic mass is 10.1. The fourth-order valence-electron chi connectivity index (χ4n) is 2.05. The van der Waals surface area contributed by atoms with Crippen LogP contribution in [0.5, 0.6) is 0 Å². The van der Waals surface area contributed by atoms with Crippen molar-refractivity contribution < 1.29 is 0 Å². The molecule has 0 aliphatic carbocycles. The summed E-state index contributed by atoms with van der Waals surface area (Å²) in [5, 5.41) is 1.20. The summed E-state index contributed by atoms with van der Waals surface area (Å²) in [6.45, 7) is 1.97. The normalized spacial score (nSPS) is 13.4. The maximum absolute atomic E-state index is 5.61. The van der Waals surface area contributed by atoms with Crippen molar-refractivity contribution in [2.75, 3.05) is 0 Å². The largest absolute Gasteiger partial charge is 0.370 e. The molecule has 6 nitrogen and oxygen atoms in total. The van der Waals surface area contributed by atoms with Gasteiger partial charge in [-0.15, -0.1) is 0 Å². The minimum Gasteiger partial charge on any atom is -0.370 e. The SMILES string of the molecule is CC(Cc1c[nH]c2ccccc12)N=C(N)N=C(N)N. The van der Waals surface area contributed by atoms with E-state index in [4.69, 9.17) is 17.2 Å². The van der Waals surface area contributed by atoms with E-state index in [0.717, 1.165) is 11.9 Å². The Hall–Kier alpha value is -2.50. The molecule has 1 aromatic heterocycles. The summed E-state index contributed by atoms with van der Waals surface area (Å²) < 4.78 is 0. The van der Waals surface area contributed by atoms with Crippen molar-refractivity contribution in [3.63, 3.8) is 0 Å². The Morgan fingerprint density at radius 3 is 2.74 bits per heavy atom. The number of aromatic amines is 1. The van der Waals surface area contributed by atoms with E-state index in [1.54, 1.807) is 0 Å². The van der Waals surface area contributed by atoms with Gasteiger partial charge in [0.15, 0.2) is 5.96 Å². The van der Waals surface area contributed by atoms with Crippen LogP contribution in [0.3, 0.4) is 0 Å². The lowest BCUT2D eigenvalue weighted by Crippen LogP contribution is -2.27. The smallest absolute Gasteiger partial charge is 0.218 e. The Kier molecular flexibility index (Phi) is 3.70. The molecule has 6 heteroatoms. The fraction of sp³-hybridized carbons (Fsp3) is 0.231. The molecule has 0 aliphatic heterocycles. The van der Waals surface area contributed by atoms with Gasteiger partial charge < -0.3 is 22.2 Å². The number of H-pyrrole nitrogens is 1. The Morgan fingerprint density at radius 2 is 2.00 bits per heavy atom. The molecule has 0 amide bonds. The highest BCUT2D eigenvalue weighted by Gasteiger charge is 2.07. The number of para-hydroxylation sites is 1. The van der Waals surface area contributed by atoms with E-state index in [1.807, 2.05) is 31.3 Å². The lowest BCUT2D eigenvalue weighted by molar-refractivity contribution is 0.741. The molecule has 1 unspecified atom stereocenters. The fourth-order valence-corrected chi connectivity index (χ4v) is 2.05. The Bertz CT molecular complexity index is 621. The van der Waals surface area contributed by atoms with E-state index < -0.39 is 0 Å². The number of hydrogen-bond donors (Lipinski definition) is 4. The number of aliphatic imine (C=N–C) groups is 2. The second-order valence-electron chi connectivity index (χ2n) is 4.44. The van der Waals surface area contributed by atoms with Crippen LogP contribution in [0.2, 0.25) is 0 Å². The highest BCUT2D eigenvalue weighted by molar-refractivity contribution is 5.92. The molecule has 1 aromatic carbocycles. The Morgan fingerprint density at radius 1 is 1.26 bits per heavy atom. The van der Waals surface area contributed by atoms with Crippen molar-refractivity contribution in [2.45, 2.75) is 19.4 Å². The summed E-state index contributed by atoms with van der Waals surface area (Å²) in [6, 6.07) is 8.14. The molecule has 100 valence electrons. The van der Waals surface area contributed by atoms with Gasteiger partial charge in [-0.1, -0.05) is 18.2 Å². The topological polar surface area (TPSA) is 119 Å². The van der Waals surface area contributed by atoms with Gasteiger partial charge in [0.05, 0.1) is 6.04 Å². The van der Waals surface area contributed by atoms with E-state index in [9.17, 15) is 0 Å². The van der Waals surface area contributed by atoms with Crippen LogP contribution < -0.4 is 17.2 Å². The zero-order chi connectivity index (χ0) is 13.8. The van der Waals surface area contributed by atoms with Crippen molar-refractivity contribution in [1.29, 1.82) is 0 Å². The van der Waals surface area contributed by atoms with Gasteiger partial charge in [-0.25, -0.2) is 4.99 Å². The molecule has 1 heterocycles. The minimum atomic E-state index is -0.0828. The van der Waals surface area contributed by atoms with Crippen LogP contribution >= 0.6 is 0 Å². The molecule has 0 spiro atoms. The first-order chi connectivity index (χ1) is 9.06. The highest BCUT2D eigenvalue weighted by Crippen LogP contribution is 2.19. The van der Waals surface area contributed by atoms with Gasteiger partial charge in [0, 0.05) is 17.1 Å². The zero-order valence-corrected chi connectivity index (χ0v) is 10.8. The standard InChI is InChI=1S/C13H18N6/c1-8(18-13(16)19-12(14)15)6-9-7-17-11-5-3-2-4-10(9)11/h2-5,7-8,17H,6H2,1H3,(H6,14,15,16,18,19). The average Bonchev–Trinajstić information content (AvgIpc) is 2.71. The number of rotatable bonds is 3. The third-order valence-electron chi connectivity index (χ3n) is 2.79. The second-order valence-corrected chi connectivity index (χ2v) is 4.44. The monoisotopic (exact) mass is 258 g/mol. The summed E-state index contributed by atoms with van der Waals surface area (Å²) in [5.74, 6) is 0.0212.